The zero-order chi connectivity index (χ0) is 16.2. The maximum Gasteiger partial charge on any atom is 0.156 e. The van der Waals surface area contributed by atoms with Crippen molar-refractivity contribution in [3.63, 3.8) is 0 Å². The summed E-state index contributed by atoms with van der Waals surface area (Å²) in [6.45, 7) is 2.90. The number of benzene rings is 1. The van der Waals surface area contributed by atoms with Gasteiger partial charge in [-0.05, 0) is 25.3 Å². The van der Waals surface area contributed by atoms with Crippen molar-refractivity contribution in [1.29, 1.82) is 0 Å². The second-order valence-corrected chi connectivity index (χ2v) is 6.03. The number of aliphatic hydroxyl groups excluding tert-OH is 1. The lowest BCUT2D eigenvalue weighted by Crippen LogP contribution is -2.32. The van der Waals surface area contributed by atoms with E-state index in [0.29, 0.717) is 25.0 Å². The Bertz CT molecular complexity index is 644. The molecule has 5 heteroatoms. The van der Waals surface area contributed by atoms with Crippen molar-refractivity contribution in [2.24, 2.45) is 0 Å². The van der Waals surface area contributed by atoms with Gasteiger partial charge in [0.15, 0.2) is 5.82 Å². The highest BCUT2D eigenvalue weighted by molar-refractivity contribution is 5.43. The lowest BCUT2D eigenvalue weighted by atomic mass is 10.1. The van der Waals surface area contributed by atoms with E-state index >= 15 is 0 Å². The molecular formula is C18H23N3O2. The van der Waals surface area contributed by atoms with E-state index in [1.807, 2.05) is 43.3 Å². The van der Waals surface area contributed by atoms with Gasteiger partial charge in [0.1, 0.15) is 12.4 Å². The van der Waals surface area contributed by atoms with Crippen molar-refractivity contribution in [2.75, 3.05) is 18.6 Å². The first kappa shape index (κ1) is 15.9. The summed E-state index contributed by atoms with van der Waals surface area (Å²) < 4.78 is 5.15. The van der Waals surface area contributed by atoms with Crippen molar-refractivity contribution >= 4 is 5.82 Å². The third-order valence-electron chi connectivity index (χ3n) is 4.00. The number of methoxy groups -OCH3 is 1. The molecule has 0 bridgehead atoms. The summed E-state index contributed by atoms with van der Waals surface area (Å²) >= 11 is 0. The van der Waals surface area contributed by atoms with Crippen LogP contribution in [0.4, 0.5) is 5.82 Å². The Balaban J connectivity index is 1.82. The van der Waals surface area contributed by atoms with Gasteiger partial charge in [-0.25, -0.2) is 9.97 Å². The topological polar surface area (TPSA) is 58.5 Å². The van der Waals surface area contributed by atoms with Crippen LogP contribution in [0.3, 0.4) is 0 Å². The number of ether oxygens (including phenoxy) is 1. The molecule has 1 atom stereocenters. The van der Waals surface area contributed by atoms with Crippen molar-refractivity contribution in [3.8, 4) is 0 Å². The molecule has 1 aliphatic carbocycles. The van der Waals surface area contributed by atoms with E-state index in [1.165, 1.54) is 0 Å². The molecule has 1 aromatic heterocycles. The molecule has 0 unspecified atom stereocenters. The highest BCUT2D eigenvalue weighted by Gasteiger charge is 2.32. The third-order valence-corrected chi connectivity index (χ3v) is 4.00. The van der Waals surface area contributed by atoms with Gasteiger partial charge in [0.2, 0.25) is 0 Å². The van der Waals surface area contributed by atoms with Crippen LogP contribution in [0.25, 0.3) is 0 Å². The fourth-order valence-corrected chi connectivity index (χ4v) is 2.74. The maximum absolute atomic E-state index is 10.6. The zero-order valence-electron chi connectivity index (χ0n) is 13.6. The van der Waals surface area contributed by atoms with Gasteiger partial charge in [-0.15, -0.1) is 0 Å². The van der Waals surface area contributed by atoms with Crippen LogP contribution < -0.4 is 4.90 Å². The summed E-state index contributed by atoms with van der Waals surface area (Å²) in [5.41, 5.74) is 1.85. The Morgan fingerprint density at radius 3 is 2.65 bits per heavy atom. The average Bonchev–Trinajstić information content (AvgIpc) is 3.37. The second kappa shape index (κ2) is 7.06. The molecule has 2 aromatic rings. The highest BCUT2D eigenvalue weighted by Crippen LogP contribution is 2.32. The van der Waals surface area contributed by atoms with Gasteiger partial charge in [0.25, 0.3) is 0 Å². The molecule has 1 N–H and O–H groups in total. The van der Waals surface area contributed by atoms with E-state index in [0.717, 1.165) is 29.9 Å². The van der Waals surface area contributed by atoms with Crippen molar-refractivity contribution in [1.82, 2.24) is 9.97 Å². The van der Waals surface area contributed by atoms with E-state index in [1.54, 1.807) is 7.11 Å². The number of rotatable bonds is 7. The van der Waals surface area contributed by atoms with Crippen LogP contribution in [0.1, 0.15) is 36.0 Å². The minimum absolute atomic E-state index is 0.397. The molecular weight excluding hydrogens is 290 g/mol. The molecule has 0 amide bonds. The number of hydrogen-bond acceptors (Lipinski definition) is 5. The third kappa shape index (κ3) is 4.06. The van der Waals surface area contributed by atoms with Crippen LogP contribution in [-0.4, -0.2) is 34.8 Å². The smallest absolute Gasteiger partial charge is 0.156 e. The van der Waals surface area contributed by atoms with E-state index in [4.69, 9.17) is 4.74 Å². The molecule has 23 heavy (non-hydrogen) atoms. The largest absolute Gasteiger partial charge is 0.387 e. The van der Waals surface area contributed by atoms with E-state index in [2.05, 4.69) is 14.9 Å². The fraction of sp³-hybridized carbons (Fsp3) is 0.444. The van der Waals surface area contributed by atoms with Gasteiger partial charge in [-0.1, -0.05) is 30.3 Å². The minimum atomic E-state index is -0.530. The monoisotopic (exact) mass is 313 g/mol. The van der Waals surface area contributed by atoms with Crippen LogP contribution >= 0.6 is 0 Å². The lowest BCUT2D eigenvalue weighted by Gasteiger charge is -2.27. The second-order valence-electron chi connectivity index (χ2n) is 6.03. The Hall–Kier alpha value is -1.98. The predicted octanol–water partition coefficient (Wildman–Crippen LogP) is 2.63. The molecule has 0 spiro atoms. The molecule has 0 radical (unpaired) electrons. The van der Waals surface area contributed by atoms with E-state index in [9.17, 15) is 5.11 Å². The minimum Gasteiger partial charge on any atom is -0.387 e. The van der Waals surface area contributed by atoms with Crippen LogP contribution in [0.2, 0.25) is 0 Å². The van der Waals surface area contributed by atoms with Gasteiger partial charge in [0, 0.05) is 31.5 Å². The first-order valence-corrected chi connectivity index (χ1v) is 8.00. The summed E-state index contributed by atoms with van der Waals surface area (Å²) in [7, 11) is 1.64. The Morgan fingerprint density at radius 2 is 2.00 bits per heavy atom. The van der Waals surface area contributed by atoms with Crippen LogP contribution in [0.5, 0.6) is 0 Å². The normalized spacial score (nSPS) is 15.4. The van der Waals surface area contributed by atoms with Crippen molar-refractivity contribution in [2.45, 2.75) is 38.5 Å². The van der Waals surface area contributed by atoms with Gasteiger partial charge in [-0.3, -0.25) is 0 Å². The number of nitrogens with zero attached hydrogens (tertiary/aromatic N) is 3. The summed E-state index contributed by atoms with van der Waals surface area (Å²) in [5, 5.41) is 10.6. The molecule has 1 heterocycles. The molecule has 5 nitrogen and oxygen atoms in total. The van der Waals surface area contributed by atoms with Crippen LogP contribution in [0, 0.1) is 6.92 Å². The summed E-state index contributed by atoms with van der Waals surface area (Å²) in [6.07, 6.45) is 1.76. The molecule has 0 saturated heterocycles. The van der Waals surface area contributed by atoms with Crippen molar-refractivity contribution < 1.29 is 9.84 Å². The number of aliphatic hydroxyl groups is 1. The molecule has 1 aromatic carbocycles. The number of anilines is 1. The Kier molecular flexibility index (Phi) is 4.88. The standard InChI is InChI=1S/C18H23N3O2/c1-13-10-18(20-17(19-13)12-23-2)21(15-8-9-15)11-16(22)14-6-4-3-5-7-14/h3-7,10,15-16,22H,8-9,11-12H2,1-2H3/t16-/m1/s1. The van der Waals surface area contributed by atoms with Gasteiger partial charge < -0.3 is 14.7 Å². The van der Waals surface area contributed by atoms with Crippen LogP contribution in [-0.2, 0) is 11.3 Å². The first-order valence-electron chi connectivity index (χ1n) is 8.00. The van der Waals surface area contributed by atoms with Crippen LogP contribution in [0.15, 0.2) is 36.4 Å². The SMILES string of the molecule is COCc1nc(C)cc(N(C[C@@H](O)c2ccccc2)C2CC2)n1. The molecule has 0 aliphatic heterocycles. The number of hydrogen-bond donors (Lipinski definition) is 1. The molecule has 1 aliphatic rings. The predicted molar refractivity (Wildman–Crippen MR) is 89.3 cm³/mol. The molecule has 3 rings (SSSR count). The molecule has 122 valence electrons. The summed E-state index contributed by atoms with van der Waals surface area (Å²) in [4.78, 5) is 11.2. The number of aryl methyl sites for hydroxylation is 1. The summed E-state index contributed by atoms with van der Waals surface area (Å²) in [6, 6.07) is 12.2. The fourth-order valence-electron chi connectivity index (χ4n) is 2.74. The highest BCUT2D eigenvalue weighted by atomic mass is 16.5. The Morgan fingerprint density at radius 1 is 1.26 bits per heavy atom. The summed E-state index contributed by atoms with van der Waals surface area (Å²) in [5.74, 6) is 1.56. The average molecular weight is 313 g/mol. The van der Waals surface area contributed by atoms with Gasteiger partial charge >= 0.3 is 0 Å². The van der Waals surface area contributed by atoms with Gasteiger partial charge in [0.05, 0.1) is 6.10 Å². The lowest BCUT2D eigenvalue weighted by molar-refractivity contribution is 0.176. The first-order chi connectivity index (χ1) is 11.2. The van der Waals surface area contributed by atoms with Gasteiger partial charge in [-0.2, -0.15) is 0 Å². The zero-order valence-corrected chi connectivity index (χ0v) is 13.6. The Labute approximate surface area is 137 Å². The quantitative estimate of drug-likeness (QED) is 0.851. The number of aromatic nitrogens is 2. The van der Waals surface area contributed by atoms with E-state index in [-0.39, 0.29) is 0 Å². The molecule has 1 fully saturated rings. The van der Waals surface area contributed by atoms with E-state index < -0.39 is 6.10 Å². The van der Waals surface area contributed by atoms with Crippen molar-refractivity contribution in [3.05, 3.63) is 53.5 Å². The maximum atomic E-state index is 10.6. The molecule has 1 saturated carbocycles.